The predicted molar refractivity (Wildman–Crippen MR) is 79.6 cm³/mol. The molecule has 0 bridgehead atoms. The number of nitrogens with one attached hydrogen (secondary N) is 1. The Kier molecular flexibility index (Phi) is 6.02. The maximum Gasteiger partial charge on any atom is 0.228 e. The second kappa shape index (κ2) is 8.02. The van der Waals surface area contributed by atoms with Crippen LogP contribution >= 0.6 is 0 Å². The number of hydrogen-bond donors (Lipinski definition) is 1. The van der Waals surface area contributed by atoms with Gasteiger partial charge in [-0.05, 0) is 18.4 Å². The van der Waals surface area contributed by atoms with Gasteiger partial charge in [0, 0.05) is 33.3 Å². The van der Waals surface area contributed by atoms with E-state index in [4.69, 9.17) is 4.74 Å². The first-order valence-corrected chi connectivity index (χ1v) is 7.33. The molecule has 20 heavy (non-hydrogen) atoms. The molecule has 1 amide bonds. The average Bonchev–Trinajstić information content (AvgIpc) is 2.41. The summed E-state index contributed by atoms with van der Waals surface area (Å²) in [6.45, 7) is 3.76. The lowest BCUT2D eigenvalue weighted by molar-refractivity contribution is -0.137. The highest BCUT2D eigenvalue weighted by Gasteiger charge is 2.28. The molecule has 0 saturated carbocycles. The number of rotatable bonds is 8. The summed E-state index contributed by atoms with van der Waals surface area (Å²) >= 11 is 0. The van der Waals surface area contributed by atoms with Crippen molar-refractivity contribution in [1.29, 1.82) is 0 Å². The van der Waals surface area contributed by atoms with E-state index in [0.29, 0.717) is 13.2 Å². The van der Waals surface area contributed by atoms with Crippen LogP contribution in [0.4, 0.5) is 0 Å². The van der Waals surface area contributed by atoms with Crippen LogP contribution in [0.1, 0.15) is 12.0 Å². The van der Waals surface area contributed by atoms with E-state index in [1.165, 1.54) is 5.56 Å². The first-order chi connectivity index (χ1) is 9.81. The first kappa shape index (κ1) is 15.0. The van der Waals surface area contributed by atoms with E-state index < -0.39 is 0 Å². The Morgan fingerprint density at radius 2 is 2.05 bits per heavy atom. The molecule has 1 N–H and O–H groups in total. The Balaban J connectivity index is 1.79. The van der Waals surface area contributed by atoms with E-state index in [1.807, 2.05) is 11.0 Å². The third-order valence-corrected chi connectivity index (χ3v) is 3.74. The predicted octanol–water partition coefficient (Wildman–Crippen LogP) is 1.31. The van der Waals surface area contributed by atoms with Crippen LogP contribution in [0.2, 0.25) is 0 Å². The number of hydrogen-bond acceptors (Lipinski definition) is 3. The fourth-order valence-corrected chi connectivity index (χ4v) is 2.37. The molecule has 1 aliphatic heterocycles. The molecule has 1 saturated heterocycles. The van der Waals surface area contributed by atoms with Crippen molar-refractivity contribution in [2.75, 3.05) is 39.9 Å². The Labute approximate surface area is 121 Å². The van der Waals surface area contributed by atoms with Crippen molar-refractivity contribution >= 4 is 5.91 Å². The zero-order valence-electron chi connectivity index (χ0n) is 12.2. The van der Waals surface area contributed by atoms with Gasteiger partial charge in [-0.15, -0.1) is 0 Å². The summed E-state index contributed by atoms with van der Waals surface area (Å²) in [6, 6.07) is 10.4. The quantitative estimate of drug-likeness (QED) is 0.778. The van der Waals surface area contributed by atoms with E-state index in [1.54, 1.807) is 7.11 Å². The smallest absolute Gasteiger partial charge is 0.228 e. The normalized spacial score (nSPS) is 14.8. The van der Waals surface area contributed by atoms with Crippen molar-refractivity contribution in [3.63, 3.8) is 0 Å². The van der Waals surface area contributed by atoms with Crippen LogP contribution < -0.4 is 5.32 Å². The van der Waals surface area contributed by atoms with Crippen LogP contribution in [0.25, 0.3) is 0 Å². The van der Waals surface area contributed by atoms with E-state index in [-0.39, 0.29) is 11.8 Å². The molecular weight excluding hydrogens is 252 g/mol. The van der Waals surface area contributed by atoms with Gasteiger partial charge in [0.25, 0.3) is 0 Å². The number of aryl methyl sites for hydroxylation is 1. The number of methoxy groups -OCH3 is 1. The lowest BCUT2D eigenvalue weighted by atomic mass is 10.0. The summed E-state index contributed by atoms with van der Waals surface area (Å²) < 4.78 is 5.11. The van der Waals surface area contributed by atoms with Crippen molar-refractivity contribution < 1.29 is 9.53 Å². The number of benzene rings is 1. The molecule has 0 aliphatic carbocycles. The second-order valence-corrected chi connectivity index (χ2v) is 5.26. The topological polar surface area (TPSA) is 41.6 Å². The van der Waals surface area contributed by atoms with Crippen molar-refractivity contribution in [1.82, 2.24) is 10.2 Å². The standard InChI is InChI=1S/C16H24N2O2/c1-20-11-10-18(16(19)15-12-17-13-15)9-5-8-14-6-3-2-4-7-14/h2-4,6-7,15,17H,5,8-13H2,1H3. The van der Waals surface area contributed by atoms with Crippen LogP contribution in [0.15, 0.2) is 30.3 Å². The Morgan fingerprint density at radius 3 is 2.65 bits per heavy atom. The zero-order chi connectivity index (χ0) is 14.2. The number of amides is 1. The minimum absolute atomic E-state index is 0.170. The molecule has 0 spiro atoms. The van der Waals surface area contributed by atoms with Crippen LogP contribution in [0, 0.1) is 5.92 Å². The largest absolute Gasteiger partial charge is 0.383 e. The highest BCUT2D eigenvalue weighted by Crippen LogP contribution is 2.10. The lowest BCUT2D eigenvalue weighted by Crippen LogP contribution is -2.52. The fraction of sp³-hybridized carbons (Fsp3) is 0.562. The number of ether oxygens (including phenoxy) is 1. The molecule has 0 aromatic heterocycles. The summed E-state index contributed by atoms with van der Waals surface area (Å²) in [5.74, 6) is 0.442. The van der Waals surface area contributed by atoms with Gasteiger partial charge in [0.2, 0.25) is 5.91 Å². The van der Waals surface area contributed by atoms with Crippen LogP contribution in [0.5, 0.6) is 0 Å². The molecule has 4 heteroatoms. The minimum atomic E-state index is 0.170. The first-order valence-electron chi connectivity index (χ1n) is 7.33. The number of nitrogens with zero attached hydrogens (tertiary/aromatic N) is 1. The third-order valence-electron chi connectivity index (χ3n) is 3.74. The zero-order valence-corrected chi connectivity index (χ0v) is 12.2. The number of carbonyl (C=O) groups is 1. The molecule has 0 unspecified atom stereocenters. The molecule has 2 rings (SSSR count). The summed E-state index contributed by atoms with van der Waals surface area (Å²) in [7, 11) is 1.68. The third kappa shape index (κ3) is 4.32. The molecule has 4 nitrogen and oxygen atoms in total. The van der Waals surface area contributed by atoms with Gasteiger partial charge in [0.1, 0.15) is 0 Å². The van der Waals surface area contributed by atoms with Crippen molar-refractivity contribution in [2.24, 2.45) is 5.92 Å². The van der Waals surface area contributed by atoms with E-state index in [0.717, 1.165) is 32.5 Å². The SMILES string of the molecule is COCCN(CCCc1ccccc1)C(=O)C1CNC1. The van der Waals surface area contributed by atoms with Crippen LogP contribution in [-0.4, -0.2) is 50.7 Å². The minimum Gasteiger partial charge on any atom is -0.383 e. The molecule has 0 atom stereocenters. The summed E-state index contributed by atoms with van der Waals surface area (Å²) in [4.78, 5) is 14.3. The molecule has 110 valence electrons. The van der Waals surface area contributed by atoms with E-state index in [2.05, 4.69) is 29.6 Å². The molecule has 1 aliphatic rings. The summed E-state index contributed by atoms with van der Waals surface area (Å²) in [5.41, 5.74) is 1.33. The van der Waals surface area contributed by atoms with Gasteiger partial charge in [0.05, 0.1) is 12.5 Å². The fourth-order valence-electron chi connectivity index (χ4n) is 2.37. The van der Waals surface area contributed by atoms with Crippen LogP contribution in [0.3, 0.4) is 0 Å². The maximum atomic E-state index is 12.3. The highest BCUT2D eigenvalue weighted by molar-refractivity contribution is 5.80. The van der Waals surface area contributed by atoms with Gasteiger partial charge >= 0.3 is 0 Å². The monoisotopic (exact) mass is 276 g/mol. The molecule has 1 aromatic rings. The Hall–Kier alpha value is -1.39. The molecule has 1 heterocycles. The molecule has 1 aromatic carbocycles. The van der Waals surface area contributed by atoms with Gasteiger partial charge in [0.15, 0.2) is 0 Å². The van der Waals surface area contributed by atoms with Gasteiger partial charge in [-0.2, -0.15) is 0 Å². The van der Waals surface area contributed by atoms with Gasteiger partial charge in [-0.3, -0.25) is 4.79 Å². The van der Waals surface area contributed by atoms with Crippen molar-refractivity contribution in [3.05, 3.63) is 35.9 Å². The van der Waals surface area contributed by atoms with Gasteiger partial charge < -0.3 is 15.0 Å². The van der Waals surface area contributed by atoms with E-state index >= 15 is 0 Å². The summed E-state index contributed by atoms with van der Waals surface area (Å²) in [5, 5.41) is 3.16. The lowest BCUT2D eigenvalue weighted by Gasteiger charge is -2.32. The second-order valence-electron chi connectivity index (χ2n) is 5.26. The molecular formula is C16H24N2O2. The summed E-state index contributed by atoms with van der Waals surface area (Å²) in [6.07, 6.45) is 2.01. The van der Waals surface area contributed by atoms with Crippen molar-refractivity contribution in [3.8, 4) is 0 Å². The van der Waals surface area contributed by atoms with Crippen molar-refractivity contribution in [2.45, 2.75) is 12.8 Å². The highest BCUT2D eigenvalue weighted by atomic mass is 16.5. The van der Waals surface area contributed by atoms with Gasteiger partial charge in [-0.25, -0.2) is 0 Å². The Bertz CT molecular complexity index is 404. The van der Waals surface area contributed by atoms with E-state index in [9.17, 15) is 4.79 Å². The van der Waals surface area contributed by atoms with Gasteiger partial charge in [-0.1, -0.05) is 30.3 Å². The average molecular weight is 276 g/mol. The van der Waals surface area contributed by atoms with Crippen LogP contribution in [-0.2, 0) is 16.0 Å². The maximum absolute atomic E-state index is 12.3. The number of carbonyl (C=O) groups excluding carboxylic acids is 1. The Morgan fingerprint density at radius 1 is 1.30 bits per heavy atom. The molecule has 1 fully saturated rings. The molecule has 0 radical (unpaired) electrons.